The number of imide groups is 1. The second-order valence-electron chi connectivity index (χ2n) is 8.40. The third-order valence-electron chi connectivity index (χ3n) is 6.28. The lowest BCUT2D eigenvalue weighted by molar-refractivity contribution is -0.918. The molecule has 0 saturated carbocycles. The van der Waals surface area contributed by atoms with Crippen molar-refractivity contribution in [2.45, 2.75) is 31.2 Å². The number of benzene rings is 2. The fraction of sp³-hybridized carbons (Fsp3) is 0.364. The van der Waals surface area contributed by atoms with Gasteiger partial charge in [0, 0.05) is 6.07 Å². The summed E-state index contributed by atoms with van der Waals surface area (Å²) in [7, 11) is -4.06. The van der Waals surface area contributed by atoms with Crippen molar-refractivity contribution in [2.24, 2.45) is 0 Å². The van der Waals surface area contributed by atoms with Crippen LogP contribution in [0.5, 0.6) is 0 Å². The van der Waals surface area contributed by atoms with Gasteiger partial charge in [0.1, 0.15) is 0 Å². The van der Waals surface area contributed by atoms with E-state index in [4.69, 9.17) is 0 Å². The number of piperazine rings is 1. The lowest BCUT2D eigenvalue weighted by Crippen LogP contribution is -3.19. The van der Waals surface area contributed by atoms with Crippen LogP contribution in [0.2, 0.25) is 0 Å². The monoisotopic (exact) mass is 473 g/mol. The molecule has 1 N–H and O–H groups in total. The van der Waals surface area contributed by atoms with E-state index in [1.165, 1.54) is 33.5 Å². The lowest BCUT2D eigenvalue weighted by atomic mass is 10.1. The van der Waals surface area contributed by atoms with Gasteiger partial charge in [-0.15, -0.1) is 0 Å². The zero-order valence-corrected chi connectivity index (χ0v) is 19.2. The Morgan fingerprint density at radius 2 is 1.73 bits per heavy atom. The number of quaternary nitrogens is 1. The van der Waals surface area contributed by atoms with Crippen molar-refractivity contribution in [3.05, 3.63) is 63.7 Å². The fourth-order valence-corrected chi connectivity index (χ4v) is 6.19. The molecule has 2 heterocycles. The average Bonchev–Trinajstić information content (AvgIpc) is 3.08. The molecule has 2 fully saturated rings. The van der Waals surface area contributed by atoms with Crippen LogP contribution >= 0.6 is 0 Å². The van der Waals surface area contributed by atoms with Crippen LogP contribution in [0.25, 0.3) is 0 Å². The molecule has 33 heavy (non-hydrogen) atoms. The summed E-state index contributed by atoms with van der Waals surface area (Å²) in [6.07, 6.45) is 0.0678. The summed E-state index contributed by atoms with van der Waals surface area (Å²) in [6.45, 7) is 4.65. The maximum atomic E-state index is 13.1. The number of rotatable bonds is 5. The van der Waals surface area contributed by atoms with Gasteiger partial charge < -0.3 is 4.90 Å². The minimum atomic E-state index is -4.06. The Hall–Kier alpha value is -3.15. The smallest absolute Gasteiger partial charge is 0.292 e. The summed E-state index contributed by atoms with van der Waals surface area (Å²) in [5.41, 5.74) is 1.99. The molecule has 2 saturated heterocycles. The number of hydrogen-bond donors (Lipinski definition) is 1. The van der Waals surface area contributed by atoms with Crippen molar-refractivity contribution in [1.29, 1.82) is 0 Å². The van der Waals surface area contributed by atoms with E-state index in [1.54, 1.807) is 6.07 Å². The minimum absolute atomic E-state index is 0.0678. The maximum Gasteiger partial charge on any atom is 0.292 e. The molecule has 2 aromatic carbocycles. The summed E-state index contributed by atoms with van der Waals surface area (Å²) in [4.78, 5) is 38.2. The number of carbonyl (C=O) groups excluding carboxylic acids is 2. The molecular weight excluding hydrogens is 448 g/mol. The fourth-order valence-electron chi connectivity index (χ4n) is 4.59. The highest BCUT2D eigenvalue weighted by Gasteiger charge is 2.47. The molecule has 2 amide bonds. The van der Waals surface area contributed by atoms with Crippen LogP contribution < -0.4 is 9.80 Å². The number of para-hydroxylation sites is 1. The lowest BCUT2D eigenvalue weighted by Gasteiger charge is -2.33. The van der Waals surface area contributed by atoms with Gasteiger partial charge in [-0.1, -0.05) is 29.8 Å². The van der Waals surface area contributed by atoms with E-state index < -0.39 is 26.7 Å². The van der Waals surface area contributed by atoms with Gasteiger partial charge in [-0.2, -0.15) is 4.31 Å². The van der Waals surface area contributed by atoms with Crippen LogP contribution in [0.4, 0.5) is 11.4 Å². The van der Waals surface area contributed by atoms with Gasteiger partial charge in [-0.25, -0.2) is 13.3 Å². The number of nitro groups is 1. The van der Waals surface area contributed by atoms with Crippen molar-refractivity contribution in [1.82, 2.24) is 4.31 Å². The number of nitrogens with zero attached hydrogens (tertiary/aromatic N) is 3. The SMILES string of the molecule is Cc1ccc(N2C(=O)C[C@H]([NH+]3CCN(S(=O)(=O)c4ccccc4[N+](=O)[O-])CC3)C2=O)c(C)c1. The highest BCUT2D eigenvalue weighted by molar-refractivity contribution is 7.89. The summed E-state index contributed by atoms with van der Waals surface area (Å²) in [5, 5.41) is 11.3. The molecular formula is C22H25N4O6S+. The van der Waals surface area contributed by atoms with Crippen molar-refractivity contribution >= 4 is 33.2 Å². The summed E-state index contributed by atoms with van der Waals surface area (Å²) >= 11 is 0. The number of amides is 2. The first kappa shape index (κ1) is 23.0. The normalized spacial score (nSPS) is 20.4. The average molecular weight is 474 g/mol. The molecule has 2 aromatic rings. The van der Waals surface area contributed by atoms with E-state index >= 15 is 0 Å². The van der Waals surface area contributed by atoms with Crippen LogP contribution in [0.3, 0.4) is 0 Å². The quantitative estimate of drug-likeness (QED) is 0.382. The molecule has 11 heteroatoms. The maximum absolute atomic E-state index is 13.1. The zero-order chi connectivity index (χ0) is 23.9. The Bertz CT molecular complexity index is 1240. The van der Waals surface area contributed by atoms with Crippen molar-refractivity contribution in [3.8, 4) is 0 Å². The number of sulfonamides is 1. The van der Waals surface area contributed by atoms with Gasteiger partial charge in [-0.05, 0) is 31.5 Å². The summed E-state index contributed by atoms with van der Waals surface area (Å²) < 4.78 is 27.3. The Balaban J connectivity index is 1.49. The number of hydrogen-bond acceptors (Lipinski definition) is 6. The first-order chi connectivity index (χ1) is 15.6. The van der Waals surface area contributed by atoms with Gasteiger partial charge in [0.2, 0.25) is 15.9 Å². The van der Waals surface area contributed by atoms with Crippen molar-refractivity contribution in [3.63, 3.8) is 0 Å². The van der Waals surface area contributed by atoms with E-state index in [1.807, 2.05) is 26.0 Å². The Morgan fingerprint density at radius 3 is 2.36 bits per heavy atom. The van der Waals surface area contributed by atoms with E-state index in [9.17, 15) is 28.1 Å². The van der Waals surface area contributed by atoms with Crippen LogP contribution in [0.1, 0.15) is 17.5 Å². The third-order valence-corrected chi connectivity index (χ3v) is 8.22. The molecule has 0 radical (unpaired) electrons. The predicted molar refractivity (Wildman–Crippen MR) is 119 cm³/mol. The van der Waals surface area contributed by atoms with Gasteiger partial charge in [-0.3, -0.25) is 19.7 Å². The molecule has 174 valence electrons. The van der Waals surface area contributed by atoms with Crippen LogP contribution in [-0.2, 0) is 19.6 Å². The molecule has 2 aliphatic heterocycles. The van der Waals surface area contributed by atoms with Gasteiger partial charge >= 0.3 is 0 Å². The van der Waals surface area contributed by atoms with E-state index in [-0.39, 0.29) is 36.2 Å². The van der Waals surface area contributed by atoms with E-state index in [0.717, 1.165) is 16.0 Å². The topological polar surface area (TPSA) is 122 Å². The van der Waals surface area contributed by atoms with E-state index in [0.29, 0.717) is 18.8 Å². The Labute approximate surface area is 191 Å². The van der Waals surface area contributed by atoms with Crippen molar-refractivity contribution < 1.29 is 27.8 Å². The molecule has 0 bridgehead atoms. The molecule has 0 aliphatic carbocycles. The number of carbonyl (C=O) groups is 2. The second-order valence-corrected chi connectivity index (χ2v) is 10.3. The second kappa shape index (κ2) is 8.65. The summed E-state index contributed by atoms with van der Waals surface area (Å²) in [6, 6.07) is 10.2. The highest BCUT2D eigenvalue weighted by atomic mass is 32.2. The predicted octanol–water partition coefficient (Wildman–Crippen LogP) is 0.433. The number of anilines is 1. The molecule has 2 aliphatic rings. The Kier molecular flexibility index (Phi) is 6.04. The Morgan fingerprint density at radius 1 is 1.06 bits per heavy atom. The van der Waals surface area contributed by atoms with Gasteiger partial charge in [0.15, 0.2) is 10.9 Å². The van der Waals surface area contributed by atoms with Gasteiger partial charge in [0.25, 0.3) is 11.6 Å². The minimum Gasteiger partial charge on any atom is -0.322 e. The summed E-state index contributed by atoms with van der Waals surface area (Å²) in [5.74, 6) is -0.545. The highest BCUT2D eigenvalue weighted by Crippen LogP contribution is 2.28. The van der Waals surface area contributed by atoms with Gasteiger partial charge in [0.05, 0.1) is 43.2 Å². The molecule has 0 aromatic heterocycles. The van der Waals surface area contributed by atoms with Crippen LogP contribution in [0, 0.1) is 24.0 Å². The largest absolute Gasteiger partial charge is 0.322 e. The molecule has 10 nitrogen and oxygen atoms in total. The van der Waals surface area contributed by atoms with Crippen LogP contribution in [-0.4, -0.2) is 61.7 Å². The first-order valence-corrected chi connectivity index (χ1v) is 12.1. The van der Waals surface area contributed by atoms with Crippen molar-refractivity contribution in [2.75, 3.05) is 31.1 Å². The zero-order valence-electron chi connectivity index (χ0n) is 18.4. The van der Waals surface area contributed by atoms with E-state index in [2.05, 4.69) is 0 Å². The number of aryl methyl sites for hydroxylation is 2. The number of nitro benzene ring substituents is 1. The van der Waals surface area contributed by atoms with Crippen LogP contribution in [0.15, 0.2) is 47.4 Å². The molecule has 1 atom stereocenters. The third kappa shape index (κ3) is 4.14. The molecule has 0 unspecified atom stereocenters. The standard InChI is InChI=1S/C22H24N4O6S/c1-15-7-8-17(16(2)13-15)25-21(27)14-19(22(25)28)23-9-11-24(12-10-23)33(31,32)20-6-4-3-5-18(20)26(29)30/h3-8,13,19H,9-12,14H2,1-2H3/p+1/t19-/m0/s1. The molecule has 0 spiro atoms. The number of nitrogens with one attached hydrogen (secondary N) is 1. The first-order valence-electron chi connectivity index (χ1n) is 10.6. The molecule has 4 rings (SSSR count).